The maximum absolute atomic E-state index is 13.1. The number of fused-ring (bicyclic) bond motifs is 1. The zero-order chi connectivity index (χ0) is 17.9. The van der Waals surface area contributed by atoms with Crippen LogP contribution in [0.1, 0.15) is 45.0 Å². The molecule has 2 aromatic rings. The SMILES string of the molecule is CC1(C)C(=O)N(C(C)(C)C)C(=O)C1C(=O)c1c[nH]c2ccccc12. The van der Waals surface area contributed by atoms with Crippen LogP contribution in [0, 0.1) is 11.3 Å². The molecule has 0 aliphatic carbocycles. The minimum absolute atomic E-state index is 0.293. The Balaban J connectivity index is 2.09. The molecule has 1 aromatic heterocycles. The molecule has 1 N–H and O–H groups in total. The number of carbonyl (C=O) groups excluding carboxylic acids is 3. The summed E-state index contributed by atoms with van der Waals surface area (Å²) in [5, 5.41) is 0.771. The zero-order valence-electron chi connectivity index (χ0n) is 14.6. The lowest BCUT2D eigenvalue weighted by atomic mass is 9.77. The highest BCUT2D eigenvalue weighted by molar-refractivity contribution is 6.23. The molecule has 0 saturated carbocycles. The van der Waals surface area contributed by atoms with Gasteiger partial charge in [-0.15, -0.1) is 0 Å². The fourth-order valence-corrected chi connectivity index (χ4v) is 3.46. The fourth-order valence-electron chi connectivity index (χ4n) is 3.46. The second-order valence-corrected chi connectivity index (χ2v) is 7.92. The van der Waals surface area contributed by atoms with E-state index in [9.17, 15) is 14.4 Å². The lowest BCUT2D eigenvalue weighted by molar-refractivity contribution is -0.146. The number of likely N-dealkylation sites (tertiary alicyclic amines) is 1. The molecule has 1 fully saturated rings. The Hall–Kier alpha value is -2.43. The Morgan fingerprint density at radius 3 is 2.38 bits per heavy atom. The van der Waals surface area contributed by atoms with E-state index >= 15 is 0 Å². The van der Waals surface area contributed by atoms with E-state index in [4.69, 9.17) is 0 Å². The minimum Gasteiger partial charge on any atom is -0.360 e. The van der Waals surface area contributed by atoms with Crippen LogP contribution in [0.5, 0.6) is 0 Å². The number of carbonyl (C=O) groups is 3. The molecule has 1 aromatic carbocycles. The summed E-state index contributed by atoms with van der Waals surface area (Å²) in [6.07, 6.45) is 1.63. The number of nitrogens with zero attached hydrogens (tertiary/aromatic N) is 1. The van der Waals surface area contributed by atoms with Crippen LogP contribution in [0.15, 0.2) is 30.5 Å². The first-order valence-electron chi connectivity index (χ1n) is 8.05. The van der Waals surface area contributed by atoms with Gasteiger partial charge in [0.1, 0.15) is 5.92 Å². The molecule has 126 valence electrons. The molecule has 1 saturated heterocycles. The number of hydrogen-bond donors (Lipinski definition) is 1. The normalized spacial score (nSPS) is 20.9. The number of Topliss-reactive ketones (excluding diaryl/α,β-unsaturated/α-hetero) is 1. The molecule has 2 heterocycles. The van der Waals surface area contributed by atoms with Gasteiger partial charge >= 0.3 is 0 Å². The number of hydrogen-bond acceptors (Lipinski definition) is 3. The van der Waals surface area contributed by atoms with Crippen molar-refractivity contribution in [2.45, 2.75) is 40.2 Å². The maximum atomic E-state index is 13.1. The summed E-state index contributed by atoms with van der Waals surface area (Å²) in [5.74, 6) is -2.00. The average molecular weight is 326 g/mol. The van der Waals surface area contributed by atoms with Crippen LogP contribution in [-0.2, 0) is 9.59 Å². The van der Waals surface area contributed by atoms with Gasteiger partial charge in [-0.1, -0.05) is 18.2 Å². The number of ketones is 1. The van der Waals surface area contributed by atoms with Gasteiger partial charge in [0.25, 0.3) is 0 Å². The molecule has 5 nitrogen and oxygen atoms in total. The molecule has 24 heavy (non-hydrogen) atoms. The first kappa shape index (κ1) is 16.4. The van der Waals surface area contributed by atoms with E-state index in [1.54, 1.807) is 40.8 Å². The van der Waals surface area contributed by atoms with Crippen LogP contribution < -0.4 is 0 Å². The number of benzene rings is 1. The van der Waals surface area contributed by atoms with Crippen molar-refractivity contribution in [1.82, 2.24) is 9.88 Å². The standard InChI is InChI=1S/C19H22N2O3/c1-18(2,3)21-16(23)14(19(4,5)17(21)24)15(22)12-10-20-13-9-7-6-8-11(12)13/h6-10,14,20H,1-5H3. The zero-order valence-corrected chi connectivity index (χ0v) is 14.6. The molecule has 0 bridgehead atoms. The highest BCUT2D eigenvalue weighted by Crippen LogP contribution is 2.43. The summed E-state index contributed by atoms with van der Waals surface area (Å²) < 4.78 is 0. The Kier molecular flexibility index (Phi) is 3.44. The van der Waals surface area contributed by atoms with Crippen molar-refractivity contribution in [2.24, 2.45) is 11.3 Å². The Labute approximate surface area is 141 Å². The molecule has 2 amide bonds. The first-order valence-corrected chi connectivity index (χ1v) is 8.05. The van der Waals surface area contributed by atoms with Gasteiger partial charge in [0, 0.05) is 28.2 Å². The topological polar surface area (TPSA) is 70.2 Å². The van der Waals surface area contributed by atoms with Gasteiger partial charge in [-0.05, 0) is 40.7 Å². The lowest BCUT2D eigenvalue weighted by Crippen LogP contribution is -2.46. The molecule has 1 aliphatic heterocycles. The van der Waals surface area contributed by atoms with E-state index in [0.29, 0.717) is 5.56 Å². The maximum Gasteiger partial charge on any atom is 0.241 e. The summed E-state index contributed by atoms with van der Waals surface area (Å²) in [5.41, 5.74) is -0.413. The number of para-hydroxylation sites is 1. The van der Waals surface area contributed by atoms with Crippen molar-refractivity contribution >= 4 is 28.5 Å². The quantitative estimate of drug-likeness (QED) is 0.523. The third kappa shape index (κ3) is 2.19. The molecule has 0 spiro atoms. The molecular weight excluding hydrogens is 304 g/mol. The van der Waals surface area contributed by atoms with E-state index in [1.165, 1.54) is 4.90 Å². The molecule has 0 radical (unpaired) electrons. The minimum atomic E-state index is -1.06. The number of nitrogens with one attached hydrogen (secondary N) is 1. The predicted octanol–water partition coefficient (Wildman–Crippen LogP) is 3.16. The number of H-pyrrole nitrogens is 1. The first-order chi connectivity index (χ1) is 11.1. The highest BCUT2D eigenvalue weighted by atomic mass is 16.2. The molecule has 1 aliphatic rings. The van der Waals surface area contributed by atoms with Gasteiger partial charge in [-0.3, -0.25) is 19.3 Å². The van der Waals surface area contributed by atoms with E-state index in [2.05, 4.69) is 4.98 Å². The third-order valence-corrected chi connectivity index (χ3v) is 4.73. The Morgan fingerprint density at radius 2 is 1.79 bits per heavy atom. The summed E-state index contributed by atoms with van der Waals surface area (Å²) in [6, 6.07) is 7.44. The summed E-state index contributed by atoms with van der Waals surface area (Å²) >= 11 is 0. The van der Waals surface area contributed by atoms with Gasteiger partial charge in [0.15, 0.2) is 5.78 Å². The van der Waals surface area contributed by atoms with Crippen LogP contribution in [-0.4, -0.2) is 33.0 Å². The number of amides is 2. The van der Waals surface area contributed by atoms with Crippen LogP contribution in [0.3, 0.4) is 0 Å². The van der Waals surface area contributed by atoms with Crippen LogP contribution >= 0.6 is 0 Å². The fraction of sp³-hybridized carbons (Fsp3) is 0.421. The van der Waals surface area contributed by atoms with E-state index in [-0.39, 0.29) is 11.7 Å². The van der Waals surface area contributed by atoms with E-state index < -0.39 is 22.8 Å². The third-order valence-electron chi connectivity index (χ3n) is 4.73. The van der Waals surface area contributed by atoms with Crippen molar-refractivity contribution in [3.63, 3.8) is 0 Å². The Bertz CT molecular complexity index is 855. The smallest absolute Gasteiger partial charge is 0.241 e. The van der Waals surface area contributed by atoms with Crippen molar-refractivity contribution in [3.05, 3.63) is 36.0 Å². The van der Waals surface area contributed by atoms with E-state index in [0.717, 1.165) is 10.9 Å². The van der Waals surface area contributed by atoms with Crippen molar-refractivity contribution in [1.29, 1.82) is 0 Å². The van der Waals surface area contributed by atoms with Crippen molar-refractivity contribution < 1.29 is 14.4 Å². The molecular formula is C19H22N2O3. The van der Waals surface area contributed by atoms with Crippen molar-refractivity contribution in [2.75, 3.05) is 0 Å². The lowest BCUT2D eigenvalue weighted by Gasteiger charge is -2.30. The molecule has 1 atom stereocenters. The van der Waals surface area contributed by atoms with Gasteiger partial charge in [-0.2, -0.15) is 0 Å². The van der Waals surface area contributed by atoms with Gasteiger partial charge < -0.3 is 4.98 Å². The van der Waals surface area contributed by atoms with Gasteiger partial charge in [-0.25, -0.2) is 0 Å². The van der Waals surface area contributed by atoms with Crippen LogP contribution in [0.2, 0.25) is 0 Å². The number of rotatable bonds is 2. The second kappa shape index (κ2) is 5.03. The van der Waals surface area contributed by atoms with Gasteiger partial charge in [0.2, 0.25) is 11.8 Å². The number of imide groups is 1. The van der Waals surface area contributed by atoms with Crippen LogP contribution in [0.25, 0.3) is 10.9 Å². The molecule has 3 rings (SSSR count). The predicted molar refractivity (Wildman–Crippen MR) is 91.5 cm³/mol. The average Bonchev–Trinajstić information content (AvgIpc) is 2.96. The van der Waals surface area contributed by atoms with Gasteiger partial charge in [0.05, 0.1) is 5.41 Å². The van der Waals surface area contributed by atoms with Crippen molar-refractivity contribution in [3.8, 4) is 0 Å². The monoisotopic (exact) mass is 326 g/mol. The molecule has 1 unspecified atom stereocenters. The number of aromatic amines is 1. The highest BCUT2D eigenvalue weighted by Gasteiger charge is 2.59. The number of aromatic nitrogens is 1. The summed E-state index contributed by atoms with van der Waals surface area (Å²) in [6.45, 7) is 8.76. The Morgan fingerprint density at radius 1 is 1.17 bits per heavy atom. The second-order valence-electron chi connectivity index (χ2n) is 7.92. The van der Waals surface area contributed by atoms with E-state index in [1.807, 2.05) is 24.3 Å². The largest absolute Gasteiger partial charge is 0.360 e. The molecule has 5 heteroatoms. The van der Waals surface area contributed by atoms with Crippen LogP contribution in [0.4, 0.5) is 0 Å². The summed E-state index contributed by atoms with van der Waals surface area (Å²) in [7, 11) is 0. The summed E-state index contributed by atoms with van der Waals surface area (Å²) in [4.78, 5) is 43.1.